The summed E-state index contributed by atoms with van der Waals surface area (Å²) in [6, 6.07) is 7.73. The second-order valence-electron chi connectivity index (χ2n) is 5.90. The van der Waals surface area contributed by atoms with Gasteiger partial charge in [-0.25, -0.2) is 10.3 Å². The largest absolute Gasteiger partial charge is 0.350 e. The number of nitrogens with one attached hydrogen (secondary N) is 1. The van der Waals surface area contributed by atoms with Gasteiger partial charge in [-0.2, -0.15) is 0 Å². The van der Waals surface area contributed by atoms with Crippen molar-refractivity contribution in [1.29, 1.82) is 0 Å². The molecule has 6 heteroatoms. The molecular weight excluding hydrogens is 296 g/mol. The van der Waals surface area contributed by atoms with Gasteiger partial charge in [-0.15, -0.1) is 0 Å². The van der Waals surface area contributed by atoms with Crippen LogP contribution in [0.25, 0.3) is 0 Å². The fourth-order valence-corrected chi connectivity index (χ4v) is 2.97. The predicted octanol–water partition coefficient (Wildman–Crippen LogP) is 1.93. The summed E-state index contributed by atoms with van der Waals surface area (Å²) in [5.74, 6) is -0.372. The van der Waals surface area contributed by atoms with Gasteiger partial charge in [-0.05, 0) is 37.3 Å². The first-order valence-electron chi connectivity index (χ1n) is 8.18. The minimum absolute atomic E-state index is 0.0287. The number of rotatable bonds is 4. The third-order valence-electron chi connectivity index (χ3n) is 4.16. The molecule has 2 heterocycles. The number of aryl methyl sites for hydroxylation is 1. The van der Waals surface area contributed by atoms with Crippen molar-refractivity contribution in [3.63, 3.8) is 0 Å². The number of hydroxylamine groups is 1. The van der Waals surface area contributed by atoms with Gasteiger partial charge in [0.15, 0.2) is 6.29 Å². The van der Waals surface area contributed by atoms with Crippen LogP contribution in [-0.2, 0) is 25.6 Å². The zero-order chi connectivity index (χ0) is 16.1. The highest BCUT2D eigenvalue weighted by molar-refractivity contribution is 5.99. The van der Waals surface area contributed by atoms with Crippen LogP contribution in [0.3, 0.4) is 0 Å². The van der Waals surface area contributed by atoms with E-state index in [0.717, 1.165) is 43.4 Å². The van der Waals surface area contributed by atoms with Crippen LogP contribution in [0.5, 0.6) is 0 Å². The number of hydrogen-bond acceptors (Lipinski definition) is 4. The highest BCUT2D eigenvalue weighted by Crippen LogP contribution is 2.26. The third-order valence-corrected chi connectivity index (χ3v) is 4.16. The van der Waals surface area contributed by atoms with Crippen LogP contribution in [0.2, 0.25) is 0 Å². The minimum atomic E-state index is -0.389. The lowest BCUT2D eigenvalue weighted by atomic mass is 10.1. The number of anilines is 1. The molecule has 0 aromatic heterocycles. The molecule has 1 aromatic carbocycles. The molecule has 2 aliphatic rings. The number of carbonyl (C=O) groups excluding carboxylic acids is 2. The number of nitrogens with zero attached hydrogens (tertiary/aromatic N) is 1. The van der Waals surface area contributed by atoms with Gasteiger partial charge in [-0.3, -0.25) is 9.59 Å². The van der Waals surface area contributed by atoms with Gasteiger partial charge in [0.25, 0.3) is 5.91 Å². The Bertz CT molecular complexity index is 569. The summed E-state index contributed by atoms with van der Waals surface area (Å²) >= 11 is 0. The van der Waals surface area contributed by atoms with Crippen molar-refractivity contribution in [1.82, 2.24) is 5.48 Å². The van der Waals surface area contributed by atoms with Crippen molar-refractivity contribution in [3.8, 4) is 0 Å². The van der Waals surface area contributed by atoms with E-state index in [1.165, 1.54) is 0 Å². The molecule has 1 saturated heterocycles. The highest BCUT2D eigenvalue weighted by Gasteiger charge is 2.24. The average molecular weight is 318 g/mol. The minimum Gasteiger partial charge on any atom is -0.350 e. The summed E-state index contributed by atoms with van der Waals surface area (Å²) in [5.41, 5.74) is 4.33. The molecule has 1 N–H and O–H groups in total. The normalized spacial score (nSPS) is 21.5. The Hall–Kier alpha value is -1.92. The fourth-order valence-electron chi connectivity index (χ4n) is 2.97. The zero-order valence-corrected chi connectivity index (χ0v) is 13.1. The molecule has 6 nitrogen and oxygen atoms in total. The standard InChI is InChI=1S/C17H22N2O4/c20-15(18-23-17-10-3-4-11-22-17)12-19-14-8-2-1-6-13(14)7-5-9-16(19)21/h1-2,6,8,17H,3-5,7,9-12H2,(H,18,20). The summed E-state index contributed by atoms with van der Waals surface area (Å²) in [7, 11) is 0. The molecule has 1 unspecified atom stereocenters. The number of carbonyl (C=O) groups is 2. The lowest BCUT2D eigenvalue weighted by Gasteiger charge is -2.24. The first-order chi connectivity index (χ1) is 11.2. The highest BCUT2D eigenvalue weighted by atomic mass is 16.8. The molecule has 0 radical (unpaired) electrons. The number of para-hydroxylation sites is 1. The Balaban J connectivity index is 1.61. The Morgan fingerprint density at radius 1 is 1.26 bits per heavy atom. The molecule has 0 bridgehead atoms. The molecule has 0 aliphatic carbocycles. The van der Waals surface area contributed by atoms with Crippen LogP contribution in [0.4, 0.5) is 5.69 Å². The van der Waals surface area contributed by atoms with Crippen molar-refractivity contribution in [2.75, 3.05) is 18.1 Å². The molecule has 23 heavy (non-hydrogen) atoms. The van der Waals surface area contributed by atoms with E-state index in [1.807, 2.05) is 24.3 Å². The topological polar surface area (TPSA) is 67.9 Å². The molecule has 1 fully saturated rings. The second-order valence-corrected chi connectivity index (χ2v) is 5.90. The van der Waals surface area contributed by atoms with E-state index in [2.05, 4.69) is 5.48 Å². The zero-order valence-electron chi connectivity index (χ0n) is 13.1. The van der Waals surface area contributed by atoms with E-state index in [9.17, 15) is 9.59 Å². The van der Waals surface area contributed by atoms with E-state index in [1.54, 1.807) is 4.90 Å². The molecular formula is C17H22N2O4. The monoisotopic (exact) mass is 318 g/mol. The van der Waals surface area contributed by atoms with E-state index in [0.29, 0.717) is 13.0 Å². The van der Waals surface area contributed by atoms with E-state index in [-0.39, 0.29) is 24.6 Å². The quantitative estimate of drug-likeness (QED) is 0.861. The smallest absolute Gasteiger partial charge is 0.263 e. The van der Waals surface area contributed by atoms with Gasteiger partial charge in [0.05, 0.1) is 0 Å². The maximum Gasteiger partial charge on any atom is 0.263 e. The summed E-state index contributed by atoms with van der Waals surface area (Å²) < 4.78 is 5.40. The molecule has 124 valence electrons. The van der Waals surface area contributed by atoms with Crippen LogP contribution in [0, 0.1) is 0 Å². The van der Waals surface area contributed by atoms with Crippen molar-refractivity contribution in [3.05, 3.63) is 29.8 Å². The van der Waals surface area contributed by atoms with Gasteiger partial charge >= 0.3 is 0 Å². The van der Waals surface area contributed by atoms with E-state index < -0.39 is 0 Å². The number of ether oxygens (including phenoxy) is 1. The van der Waals surface area contributed by atoms with Crippen molar-refractivity contribution in [2.24, 2.45) is 0 Å². The van der Waals surface area contributed by atoms with Crippen LogP contribution < -0.4 is 10.4 Å². The molecule has 2 amide bonds. The molecule has 0 spiro atoms. The maximum absolute atomic E-state index is 12.3. The van der Waals surface area contributed by atoms with Crippen molar-refractivity contribution >= 4 is 17.5 Å². The number of fused-ring (bicyclic) bond motifs is 1. The Morgan fingerprint density at radius 3 is 2.96 bits per heavy atom. The second kappa shape index (κ2) is 7.57. The van der Waals surface area contributed by atoms with E-state index in [4.69, 9.17) is 9.57 Å². The molecule has 0 saturated carbocycles. The summed E-state index contributed by atoms with van der Waals surface area (Å²) in [4.78, 5) is 31.3. The molecule has 1 atom stereocenters. The first-order valence-corrected chi connectivity index (χ1v) is 8.18. The summed E-state index contributed by atoms with van der Waals surface area (Å²) in [6.45, 7) is 0.612. The number of amides is 2. The Morgan fingerprint density at radius 2 is 2.13 bits per heavy atom. The van der Waals surface area contributed by atoms with Crippen molar-refractivity contribution in [2.45, 2.75) is 44.8 Å². The Kier molecular flexibility index (Phi) is 5.25. The van der Waals surface area contributed by atoms with Gasteiger partial charge in [0, 0.05) is 25.1 Å². The lowest BCUT2D eigenvalue weighted by Crippen LogP contribution is -2.42. The lowest BCUT2D eigenvalue weighted by molar-refractivity contribution is -0.199. The molecule has 3 rings (SSSR count). The SMILES string of the molecule is O=C(CN1C(=O)CCCc2ccccc21)NOC1CCCCO1. The van der Waals surface area contributed by atoms with Gasteiger partial charge < -0.3 is 9.64 Å². The van der Waals surface area contributed by atoms with Gasteiger partial charge in [-0.1, -0.05) is 18.2 Å². The summed E-state index contributed by atoms with van der Waals surface area (Å²) in [5, 5.41) is 0. The Labute approximate surface area is 135 Å². The molecule has 2 aliphatic heterocycles. The van der Waals surface area contributed by atoms with Gasteiger partial charge in [0.2, 0.25) is 5.91 Å². The van der Waals surface area contributed by atoms with Crippen LogP contribution in [0.1, 0.15) is 37.7 Å². The third kappa shape index (κ3) is 4.09. The number of benzene rings is 1. The van der Waals surface area contributed by atoms with E-state index >= 15 is 0 Å². The predicted molar refractivity (Wildman–Crippen MR) is 84.6 cm³/mol. The molecule has 1 aromatic rings. The number of hydrogen-bond donors (Lipinski definition) is 1. The van der Waals surface area contributed by atoms with Crippen molar-refractivity contribution < 1.29 is 19.2 Å². The average Bonchev–Trinajstić information content (AvgIpc) is 2.74. The fraction of sp³-hybridized carbons (Fsp3) is 0.529. The van der Waals surface area contributed by atoms with Gasteiger partial charge in [0.1, 0.15) is 6.54 Å². The van der Waals surface area contributed by atoms with Crippen LogP contribution in [0.15, 0.2) is 24.3 Å². The van der Waals surface area contributed by atoms with Crippen LogP contribution >= 0.6 is 0 Å². The first kappa shape index (κ1) is 16.0. The maximum atomic E-state index is 12.3. The van der Waals surface area contributed by atoms with Crippen LogP contribution in [-0.4, -0.2) is 31.3 Å². The summed E-state index contributed by atoms with van der Waals surface area (Å²) in [6.07, 6.45) is 4.54.